The molecular weight excluding hydrogens is 224 g/mol. The highest BCUT2D eigenvalue weighted by Crippen LogP contribution is 2.34. The zero-order valence-corrected chi connectivity index (χ0v) is 10.6. The third-order valence-electron chi connectivity index (χ3n) is 2.16. The van der Waals surface area contributed by atoms with Crippen molar-refractivity contribution in [2.75, 3.05) is 0 Å². The van der Waals surface area contributed by atoms with Crippen LogP contribution < -0.4 is 0 Å². The number of rotatable bonds is 5. The van der Waals surface area contributed by atoms with E-state index < -0.39 is 4.92 Å². The van der Waals surface area contributed by atoms with Gasteiger partial charge in [0.2, 0.25) is 0 Å². The van der Waals surface area contributed by atoms with E-state index in [1.807, 2.05) is 0 Å². The Morgan fingerprint density at radius 1 is 1.50 bits per heavy atom. The van der Waals surface area contributed by atoms with Crippen LogP contribution in [0.2, 0.25) is 0 Å². The van der Waals surface area contributed by atoms with Crippen molar-refractivity contribution in [3.63, 3.8) is 0 Å². The maximum absolute atomic E-state index is 10.5. The Labute approximate surface area is 99.6 Å². The van der Waals surface area contributed by atoms with Crippen molar-refractivity contribution in [2.45, 2.75) is 43.4 Å². The molecule has 0 saturated carbocycles. The molecule has 0 aliphatic heterocycles. The predicted molar refractivity (Wildman–Crippen MR) is 65.7 cm³/mol. The average Bonchev–Trinajstić information content (AvgIpc) is 2.17. The summed E-state index contributed by atoms with van der Waals surface area (Å²) in [4.78, 5) is 14.1. The molecule has 0 aliphatic rings. The SMILES string of the molecule is CCCC(C)(C)Sc1ccc([N+](=O)[O-])cn1. The van der Waals surface area contributed by atoms with Gasteiger partial charge in [0.15, 0.2) is 0 Å². The number of pyridine rings is 1. The van der Waals surface area contributed by atoms with Gasteiger partial charge < -0.3 is 0 Å². The van der Waals surface area contributed by atoms with Gasteiger partial charge in [-0.15, -0.1) is 11.8 Å². The van der Waals surface area contributed by atoms with Crippen molar-refractivity contribution in [1.82, 2.24) is 4.98 Å². The van der Waals surface area contributed by atoms with Crippen molar-refractivity contribution in [3.8, 4) is 0 Å². The van der Waals surface area contributed by atoms with Crippen LogP contribution in [-0.4, -0.2) is 14.7 Å². The summed E-state index contributed by atoms with van der Waals surface area (Å²) >= 11 is 1.66. The molecule has 0 aliphatic carbocycles. The Balaban J connectivity index is 2.72. The maximum Gasteiger partial charge on any atom is 0.287 e. The Hall–Kier alpha value is -1.10. The molecule has 0 radical (unpaired) electrons. The molecule has 0 atom stereocenters. The van der Waals surface area contributed by atoms with E-state index in [1.165, 1.54) is 12.3 Å². The fourth-order valence-electron chi connectivity index (χ4n) is 1.48. The van der Waals surface area contributed by atoms with Crippen LogP contribution in [0.1, 0.15) is 33.6 Å². The first kappa shape index (κ1) is 13.0. The van der Waals surface area contributed by atoms with Crippen molar-refractivity contribution < 1.29 is 4.92 Å². The van der Waals surface area contributed by atoms with E-state index in [0.717, 1.165) is 17.9 Å². The minimum Gasteiger partial charge on any atom is -0.258 e. The lowest BCUT2D eigenvalue weighted by Gasteiger charge is -2.22. The molecule has 0 amide bonds. The second kappa shape index (κ2) is 5.30. The van der Waals surface area contributed by atoms with Crippen LogP contribution in [0.25, 0.3) is 0 Å². The summed E-state index contributed by atoms with van der Waals surface area (Å²) in [6.45, 7) is 6.46. The molecule has 1 aromatic rings. The predicted octanol–water partition coefficient (Wildman–Crippen LogP) is 3.66. The van der Waals surface area contributed by atoms with Crippen LogP contribution in [0.3, 0.4) is 0 Å². The lowest BCUT2D eigenvalue weighted by Crippen LogP contribution is -2.13. The molecule has 0 aromatic carbocycles. The highest BCUT2D eigenvalue weighted by Gasteiger charge is 2.19. The number of thioether (sulfide) groups is 1. The van der Waals surface area contributed by atoms with Crippen LogP contribution in [0.4, 0.5) is 5.69 Å². The van der Waals surface area contributed by atoms with Crippen LogP contribution in [0.15, 0.2) is 23.4 Å². The summed E-state index contributed by atoms with van der Waals surface area (Å²) in [5.74, 6) is 0. The molecule has 0 bridgehead atoms. The van der Waals surface area contributed by atoms with Gasteiger partial charge in [0.1, 0.15) is 6.20 Å². The summed E-state index contributed by atoms with van der Waals surface area (Å²) in [6.07, 6.45) is 3.52. The van der Waals surface area contributed by atoms with Gasteiger partial charge in [-0.2, -0.15) is 0 Å². The Bertz CT molecular complexity index is 363. The quantitative estimate of drug-likeness (QED) is 0.447. The Morgan fingerprint density at radius 3 is 2.62 bits per heavy atom. The average molecular weight is 240 g/mol. The minimum absolute atomic E-state index is 0.0395. The van der Waals surface area contributed by atoms with E-state index in [2.05, 4.69) is 25.8 Å². The number of nitro groups is 1. The third kappa shape index (κ3) is 3.81. The van der Waals surface area contributed by atoms with Crippen molar-refractivity contribution in [2.24, 2.45) is 0 Å². The molecule has 0 unspecified atom stereocenters. The second-order valence-electron chi connectivity index (χ2n) is 4.22. The molecule has 0 fully saturated rings. The van der Waals surface area contributed by atoms with Gasteiger partial charge >= 0.3 is 0 Å². The summed E-state index contributed by atoms with van der Waals surface area (Å²) in [5.41, 5.74) is 0.0395. The molecule has 0 saturated heterocycles. The lowest BCUT2D eigenvalue weighted by atomic mass is 10.1. The van der Waals surface area contributed by atoms with Crippen molar-refractivity contribution in [1.29, 1.82) is 0 Å². The Kier molecular flexibility index (Phi) is 4.29. The summed E-state index contributed by atoms with van der Waals surface area (Å²) in [7, 11) is 0. The van der Waals surface area contributed by atoms with E-state index >= 15 is 0 Å². The fourth-order valence-corrected chi connectivity index (χ4v) is 2.59. The molecule has 88 valence electrons. The maximum atomic E-state index is 10.5. The van der Waals surface area contributed by atoms with Gasteiger partial charge in [-0.25, -0.2) is 4.98 Å². The highest BCUT2D eigenvalue weighted by molar-refractivity contribution is 8.00. The molecule has 5 heteroatoms. The van der Waals surface area contributed by atoms with Crippen LogP contribution >= 0.6 is 11.8 Å². The van der Waals surface area contributed by atoms with Crippen LogP contribution in [0.5, 0.6) is 0 Å². The van der Waals surface area contributed by atoms with Gasteiger partial charge in [-0.05, 0) is 12.5 Å². The first-order chi connectivity index (χ1) is 7.44. The number of aromatic nitrogens is 1. The molecule has 1 heterocycles. The number of nitrogens with zero attached hydrogens (tertiary/aromatic N) is 2. The molecule has 1 rings (SSSR count). The van der Waals surface area contributed by atoms with Crippen molar-refractivity contribution in [3.05, 3.63) is 28.4 Å². The summed E-state index contributed by atoms with van der Waals surface area (Å²) in [6, 6.07) is 3.21. The molecule has 1 aromatic heterocycles. The molecule has 4 nitrogen and oxygen atoms in total. The monoisotopic (exact) mass is 240 g/mol. The second-order valence-corrected chi connectivity index (χ2v) is 5.95. The fraction of sp³-hybridized carbons (Fsp3) is 0.545. The summed E-state index contributed by atoms with van der Waals surface area (Å²) < 4.78 is 0.123. The van der Waals surface area contributed by atoms with E-state index in [4.69, 9.17) is 0 Å². The van der Waals surface area contributed by atoms with E-state index in [0.29, 0.717) is 0 Å². The van der Waals surface area contributed by atoms with Gasteiger partial charge in [0.05, 0.1) is 9.95 Å². The molecule has 0 N–H and O–H groups in total. The van der Waals surface area contributed by atoms with Gasteiger partial charge in [-0.3, -0.25) is 10.1 Å². The zero-order chi connectivity index (χ0) is 12.2. The van der Waals surface area contributed by atoms with E-state index in [9.17, 15) is 10.1 Å². The first-order valence-corrected chi connectivity index (χ1v) is 6.06. The third-order valence-corrected chi connectivity index (χ3v) is 3.37. The summed E-state index contributed by atoms with van der Waals surface area (Å²) in [5, 5.41) is 11.3. The lowest BCUT2D eigenvalue weighted by molar-refractivity contribution is -0.385. The number of hydrogen-bond acceptors (Lipinski definition) is 4. The van der Waals surface area contributed by atoms with Gasteiger partial charge in [0.25, 0.3) is 5.69 Å². The Morgan fingerprint density at radius 2 is 2.19 bits per heavy atom. The van der Waals surface area contributed by atoms with E-state index in [1.54, 1.807) is 17.8 Å². The van der Waals surface area contributed by atoms with Crippen LogP contribution in [0, 0.1) is 10.1 Å². The molecular formula is C11H16N2O2S. The largest absolute Gasteiger partial charge is 0.287 e. The molecule has 16 heavy (non-hydrogen) atoms. The highest BCUT2D eigenvalue weighted by atomic mass is 32.2. The smallest absolute Gasteiger partial charge is 0.258 e. The standard InChI is InChI=1S/C11H16N2O2S/c1-4-7-11(2,3)16-10-6-5-9(8-12-10)13(14)15/h5-6,8H,4,7H2,1-3H3. The van der Waals surface area contributed by atoms with Gasteiger partial charge in [-0.1, -0.05) is 27.2 Å². The van der Waals surface area contributed by atoms with Gasteiger partial charge in [0, 0.05) is 10.8 Å². The van der Waals surface area contributed by atoms with Crippen LogP contribution in [-0.2, 0) is 0 Å². The normalized spacial score (nSPS) is 11.4. The minimum atomic E-state index is -0.432. The number of hydrogen-bond donors (Lipinski definition) is 0. The first-order valence-electron chi connectivity index (χ1n) is 5.24. The molecule has 0 spiro atoms. The van der Waals surface area contributed by atoms with Crippen molar-refractivity contribution >= 4 is 17.4 Å². The topological polar surface area (TPSA) is 56.0 Å². The van der Waals surface area contributed by atoms with E-state index in [-0.39, 0.29) is 10.4 Å². The zero-order valence-electron chi connectivity index (χ0n) is 9.77.